The topological polar surface area (TPSA) is 72.2 Å². The third-order valence-electron chi connectivity index (χ3n) is 3.29. The maximum atomic E-state index is 12.3. The van der Waals surface area contributed by atoms with Crippen molar-refractivity contribution < 1.29 is 9.90 Å². The van der Waals surface area contributed by atoms with Gasteiger partial charge in [0.15, 0.2) is 0 Å². The van der Waals surface area contributed by atoms with E-state index in [0.717, 1.165) is 5.56 Å². The molecule has 0 atom stereocenters. The van der Waals surface area contributed by atoms with Gasteiger partial charge in [0.25, 0.3) is 5.56 Å². The summed E-state index contributed by atoms with van der Waals surface area (Å²) in [5.41, 5.74) is 1.63. The first-order valence-corrected chi connectivity index (χ1v) is 6.41. The summed E-state index contributed by atoms with van der Waals surface area (Å²) < 4.78 is 1.51. The summed E-state index contributed by atoms with van der Waals surface area (Å²) in [5.74, 6) is -0.967. The van der Waals surface area contributed by atoms with Crippen molar-refractivity contribution in [3.05, 3.63) is 76.3 Å². The number of aromatic carboxylic acids is 1. The molecular weight excluding hydrogens is 268 g/mol. The van der Waals surface area contributed by atoms with Crippen LogP contribution in [-0.2, 0) is 6.54 Å². The van der Waals surface area contributed by atoms with Crippen molar-refractivity contribution in [2.24, 2.45) is 0 Å². The third kappa shape index (κ3) is 2.53. The summed E-state index contributed by atoms with van der Waals surface area (Å²) in [5, 5.41) is 9.43. The lowest BCUT2D eigenvalue weighted by atomic mass is 10.1. The van der Waals surface area contributed by atoms with Gasteiger partial charge in [-0.05, 0) is 29.8 Å². The smallest absolute Gasteiger partial charge is 0.335 e. The molecule has 0 amide bonds. The molecule has 1 aromatic heterocycles. The average Bonchev–Trinajstić information content (AvgIpc) is 2.51. The number of nitrogens with zero attached hydrogens (tertiary/aromatic N) is 2. The predicted octanol–water partition coefficient (Wildman–Crippen LogP) is 2.14. The molecule has 1 heterocycles. The summed E-state index contributed by atoms with van der Waals surface area (Å²) in [6, 6.07) is 13.6. The highest BCUT2D eigenvalue weighted by Gasteiger charge is 2.05. The van der Waals surface area contributed by atoms with Crippen LogP contribution in [0.4, 0.5) is 0 Å². The lowest BCUT2D eigenvalue weighted by Crippen LogP contribution is -2.21. The molecule has 0 saturated carbocycles. The highest BCUT2D eigenvalue weighted by molar-refractivity contribution is 5.87. The number of carboxylic acid groups (broad SMARTS) is 1. The molecule has 0 aliphatic rings. The largest absolute Gasteiger partial charge is 0.478 e. The maximum Gasteiger partial charge on any atom is 0.335 e. The van der Waals surface area contributed by atoms with Gasteiger partial charge in [-0.25, -0.2) is 9.78 Å². The minimum Gasteiger partial charge on any atom is -0.478 e. The molecule has 21 heavy (non-hydrogen) atoms. The molecule has 104 valence electrons. The number of para-hydroxylation sites is 1. The van der Waals surface area contributed by atoms with Gasteiger partial charge in [-0.1, -0.05) is 24.3 Å². The Morgan fingerprint density at radius 1 is 1.10 bits per heavy atom. The highest BCUT2D eigenvalue weighted by Crippen LogP contribution is 2.08. The zero-order chi connectivity index (χ0) is 14.8. The fourth-order valence-electron chi connectivity index (χ4n) is 2.17. The van der Waals surface area contributed by atoms with Crippen molar-refractivity contribution in [1.29, 1.82) is 0 Å². The van der Waals surface area contributed by atoms with Crippen LogP contribution in [0.15, 0.2) is 59.7 Å². The number of hydrogen-bond acceptors (Lipinski definition) is 3. The van der Waals surface area contributed by atoms with Crippen molar-refractivity contribution in [3.8, 4) is 0 Å². The van der Waals surface area contributed by atoms with E-state index in [1.165, 1.54) is 23.0 Å². The highest BCUT2D eigenvalue weighted by atomic mass is 16.4. The Morgan fingerprint density at radius 3 is 2.52 bits per heavy atom. The van der Waals surface area contributed by atoms with E-state index < -0.39 is 5.97 Å². The molecule has 0 aliphatic heterocycles. The Kier molecular flexibility index (Phi) is 3.23. The van der Waals surface area contributed by atoms with Crippen molar-refractivity contribution >= 4 is 16.9 Å². The fourth-order valence-corrected chi connectivity index (χ4v) is 2.17. The quantitative estimate of drug-likeness (QED) is 0.797. The second-order valence-corrected chi connectivity index (χ2v) is 4.70. The van der Waals surface area contributed by atoms with E-state index >= 15 is 0 Å². The minimum atomic E-state index is -0.967. The van der Waals surface area contributed by atoms with E-state index in [0.29, 0.717) is 17.4 Å². The number of aromatic nitrogens is 2. The van der Waals surface area contributed by atoms with Crippen molar-refractivity contribution in [1.82, 2.24) is 9.55 Å². The molecule has 0 radical (unpaired) electrons. The molecule has 0 bridgehead atoms. The first kappa shape index (κ1) is 13.1. The molecule has 3 aromatic rings. The van der Waals surface area contributed by atoms with Gasteiger partial charge in [-0.2, -0.15) is 0 Å². The van der Waals surface area contributed by atoms with Crippen molar-refractivity contribution in [2.45, 2.75) is 6.54 Å². The summed E-state index contributed by atoms with van der Waals surface area (Å²) in [6.45, 7) is 0.358. The molecule has 0 unspecified atom stereocenters. The first-order chi connectivity index (χ1) is 10.1. The van der Waals surface area contributed by atoms with Crippen molar-refractivity contribution in [3.63, 3.8) is 0 Å². The molecule has 3 rings (SSSR count). The van der Waals surface area contributed by atoms with E-state index in [-0.39, 0.29) is 11.1 Å². The van der Waals surface area contributed by atoms with Gasteiger partial charge in [-0.15, -0.1) is 0 Å². The van der Waals surface area contributed by atoms with E-state index in [2.05, 4.69) is 4.98 Å². The van der Waals surface area contributed by atoms with Gasteiger partial charge in [0.2, 0.25) is 0 Å². The monoisotopic (exact) mass is 280 g/mol. The van der Waals surface area contributed by atoms with Gasteiger partial charge in [0.1, 0.15) is 0 Å². The van der Waals surface area contributed by atoms with E-state index in [1.807, 2.05) is 6.07 Å². The standard InChI is InChI=1S/C16H12N2O3/c19-15-13-3-1-2-4-14(13)17-10-18(15)9-11-5-7-12(8-6-11)16(20)21/h1-8,10H,9H2,(H,20,21). The van der Waals surface area contributed by atoms with Crippen LogP contribution >= 0.6 is 0 Å². The number of hydrogen-bond donors (Lipinski definition) is 1. The van der Waals surface area contributed by atoms with Crippen LogP contribution in [0.5, 0.6) is 0 Å². The number of carboxylic acids is 1. The Balaban J connectivity index is 1.96. The van der Waals surface area contributed by atoms with Gasteiger partial charge < -0.3 is 5.11 Å². The van der Waals surface area contributed by atoms with Gasteiger partial charge >= 0.3 is 5.97 Å². The molecule has 0 spiro atoms. The van der Waals surface area contributed by atoms with E-state index in [4.69, 9.17) is 5.11 Å². The molecule has 2 aromatic carbocycles. The predicted molar refractivity (Wildman–Crippen MR) is 78.5 cm³/mol. The normalized spacial score (nSPS) is 10.7. The van der Waals surface area contributed by atoms with Crippen LogP contribution in [0.25, 0.3) is 10.9 Å². The van der Waals surface area contributed by atoms with Crippen LogP contribution in [0.1, 0.15) is 15.9 Å². The summed E-state index contributed by atoms with van der Waals surface area (Å²) in [7, 11) is 0. The number of fused-ring (bicyclic) bond motifs is 1. The average molecular weight is 280 g/mol. The van der Waals surface area contributed by atoms with E-state index in [1.54, 1.807) is 30.3 Å². The number of carbonyl (C=O) groups is 1. The molecule has 0 fully saturated rings. The van der Waals surface area contributed by atoms with Crippen molar-refractivity contribution in [2.75, 3.05) is 0 Å². The SMILES string of the molecule is O=C(O)c1ccc(Cn2cnc3ccccc3c2=O)cc1. The molecule has 5 heteroatoms. The van der Waals surface area contributed by atoms with Crippen LogP contribution in [0.2, 0.25) is 0 Å². The third-order valence-corrected chi connectivity index (χ3v) is 3.29. The molecule has 1 N–H and O–H groups in total. The first-order valence-electron chi connectivity index (χ1n) is 6.41. The molecular formula is C16H12N2O3. The van der Waals surface area contributed by atoms with Crippen LogP contribution in [0, 0.1) is 0 Å². The molecule has 0 aliphatic carbocycles. The van der Waals surface area contributed by atoms with Crippen LogP contribution < -0.4 is 5.56 Å². The minimum absolute atomic E-state index is 0.108. The fraction of sp³-hybridized carbons (Fsp3) is 0.0625. The summed E-state index contributed by atoms with van der Waals surface area (Å²) >= 11 is 0. The van der Waals surface area contributed by atoms with Crippen LogP contribution in [0.3, 0.4) is 0 Å². The Morgan fingerprint density at radius 2 is 1.81 bits per heavy atom. The Labute approximate surface area is 120 Å². The van der Waals surface area contributed by atoms with Gasteiger partial charge in [-0.3, -0.25) is 9.36 Å². The summed E-state index contributed by atoms with van der Waals surface area (Å²) in [4.78, 5) is 27.4. The maximum absolute atomic E-state index is 12.3. The summed E-state index contributed by atoms with van der Waals surface area (Å²) in [6.07, 6.45) is 1.51. The van der Waals surface area contributed by atoms with Crippen LogP contribution in [-0.4, -0.2) is 20.6 Å². The van der Waals surface area contributed by atoms with E-state index in [9.17, 15) is 9.59 Å². The van der Waals surface area contributed by atoms with Gasteiger partial charge in [0.05, 0.1) is 29.3 Å². The lowest BCUT2D eigenvalue weighted by Gasteiger charge is -2.07. The number of rotatable bonds is 3. The Hall–Kier alpha value is -2.95. The molecule has 5 nitrogen and oxygen atoms in total. The second-order valence-electron chi connectivity index (χ2n) is 4.70. The number of benzene rings is 2. The van der Waals surface area contributed by atoms with Gasteiger partial charge in [0, 0.05) is 0 Å². The zero-order valence-corrected chi connectivity index (χ0v) is 11.1. The molecule has 0 saturated heterocycles. The zero-order valence-electron chi connectivity index (χ0n) is 11.1. The second kappa shape index (κ2) is 5.20. The lowest BCUT2D eigenvalue weighted by molar-refractivity contribution is 0.0697. The Bertz CT molecular complexity index is 867.